The number of hydrogen-bond donors (Lipinski definition) is 1. The van der Waals surface area contributed by atoms with Crippen molar-refractivity contribution in [3.8, 4) is 5.75 Å². The van der Waals surface area contributed by atoms with E-state index in [1.165, 1.54) is 0 Å². The Labute approximate surface area is 109 Å². The van der Waals surface area contributed by atoms with Gasteiger partial charge in [0.1, 0.15) is 5.75 Å². The zero-order valence-electron chi connectivity index (χ0n) is 10.1. The highest BCUT2D eigenvalue weighted by atomic mass is 31.2. The molecule has 0 saturated carbocycles. The van der Waals surface area contributed by atoms with Crippen molar-refractivity contribution >= 4 is 8.60 Å². The second-order valence-electron chi connectivity index (χ2n) is 3.29. The van der Waals surface area contributed by atoms with Gasteiger partial charge in [-0.2, -0.15) is 0 Å². The second kappa shape index (κ2) is 8.84. The summed E-state index contributed by atoms with van der Waals surface area (Å²) >= 11 is 0. The molecule has 1 aromatic rings. The average molecular weight is 268 g/mol. The van der Waals surface area contributed by atoms with Crippen molar-refractivity contribution < 1.29 is 18.7 Å². The Balaban J connectivity index is 2.56. The van der Waals surface area contributed by atoms with Crippen LogP contribution in [-0.4, -0.2) is 18.3 Å². The third kappa shape index (κ3) is 5.43. The topological polar surface area (TPSA) is 47.9 Å². The van der Waals surface area contributed by atoms with Gasteiger partial charge in [-0.1, -0.05) is 24.3 Å². The molecule has 0 aromatic heterocycles. The molecular formula is C13H17O4P. The third-order valence-electron chi connectivity index (χ3n) is 1.88. The standard InChI is InChI=1S/C13H17O4P/c1-3-9-15-18(16-10-4-2)17-13-7-5-12(11-14)6-8-13/h3-8,14H,1-2,9-11H2. The molecule has 0 bridgehead atoms. The van der Waals surface area contributed by atoms with E-state index in [9.17, 15) is 0 Å². The van der Waals surface area contributed by atoms with E-state index >= 15 is 0 Å². The van der Waals surface area contributed by atoms with E-state index in [0.29, 0.717) is 19.0 Å². The van der Waals surface area contributed by atoms with Crippen molar-refractivity contribution in [2.24, 2.45) is 0 Å². The summed E-state index contributed by atoms with van der Waals surface area (Å²) in [4.78, 5) is 0. The summed E-state index contributed by atoms with van der Waals surface area (Å²) in [6.07, 6.45) is 3.26. The highest BCUT2D eigenvalue weighted by Gasteiger charge is 2.13. The molecular weight excluding hydrogens is 251 g/mol. The fourth-order valence-corrected chi connectivity index (χ4v) is 1.99. The molecule has 1 N–H and O–H groups in total. The number of benzene rings is 1. The van der Waals surface area contributed by atoms with Crippen LogP contribution in [0.1, 0.15) is 5.56 Å². The molecule has 0 aliphatic heterocycles. The Bertz CT molecular complexity index is 352. The zero-order chi connectivity index (χ0) is 13.2. The maximum atomic E-state index is 8.93. The van der Waals surface area contributed by atoms with Crippen LogP contribution in [0.2, 0.25) is 0 Å². The van der Waals surface area contributed by atoms with E-state index in [1.54, 1.807) is 36.4 Å². The molecule has 0 fully saturated rings. The summed E-state index contributed by atoms with van der Waals surface area (Å²) < 4.78 is 16.3. The highest BCUT2D eigenvalue weighted by Crippen LogP contribution is 2.40. The fourth-order valence-electron chi connectivity index (χ4n) is 1.06. The molecule has 5 heteroatoms. The number of rotatable bonds is 9. The first-order valence-electron chi connectivity index (χ1n) is 5.45. The molecule has 0 spiro atoms. The molecule has 0 heterocycles. The average Bonchev–Trinajstić information content (AvgIpc) is 2.42. The smallest absolute Gasteiger partial charge is 0.397 e. The molecule has 18 heavy (non-hydrogen) atoms. The number of hydrogen-bond acceptors (Lipinski definition) is 4. The predicted molar refractivity (Wildman–Crippen MR) is 72.2 cm³/mol. The molecule has 1 aromatic carbocycles. The second-order valence-corrected chi connectivity index (χ2v) is 4.43. The molecule has 4 nitrogen and oxygen atoms in total. The van der Waals surface area contributed by atoms with E-state index in [4.69, 9.17) is 18.7 Å². The van der Waals surface area contributed by atoms with Gasteiger partial charge in [-0.3, -0.25) is 9.05 Å². The van der Waals surface area contributed by atoms with Crippen molar-refractivity contribution in [2.75, 3.05) is 13.2 Å². The van der Waals surface area contributed by atoms with Crippen molar-refractivity contribution in [1.29, 1.82) is 0 Å². The van der Waals surface area contributed by atoms with E-state index in [1.807, 2.05) is 0 Å². The molecule has 98 valence electrons. The minimum Gasteiger partial charge on any atom is -0.427 e. The van der Waals surface area contributed by atoms with E-state index in [2.05, 4.69) is 13.2 Å². The van der Waals surface area contributed by atoms with Crippen LogP contribution in [0.25, 0.3) is 0 Å². The largest absolute Gasteiger partial charge is 0.427 e. The molecule has 0 aliphatic carbocycles. The van der Waals surface area contributed by atoms with Crippen LogP contribution in [0.3, 0.4) is 0 Å². The lowest BCUT2D eigenvalue weighted by atomic mass is 10.2. The predicted octanol–water partition coefficient (Wildman–Crippen LogP) is 3.19. The molecule has 1 rings (SSSR count). The first-order valence-corrected chi connectivity index (χ1v) is 6.55. The van der Waals surface area contributed by atoms with Crippen molar-refractivity contribution in [2.45, 2.75) is 6.61 Å². The lowest BCUT2D eigenvalue weighted by Gasteiger charge is -2.15. The van der Waals surface area contributed by atoms with E-state index in [-0.39, 0.29) is 6.61 Å². The van der Waals surface area contributed by atoms with Gasteiger partial charge in [-0.15, -0.1) is 13.2 Å². The summed E-state index contributed by atoms with van der Waals surface area (Å²) in [5.74, 6) is 0.631. The summed E-state index contributed by atoms with van der Waals surface area (Å²) in [6.45, 7) is 7.86. The van der Waals surface area contributed by atoms with Gasteiger partial charge < -0.3 is 9.63 Å². The summed E-state index contributed by atoms with van der Waals surface area (Å²) in [5, 5.41) is 8.93. The molecule has 0 aliphatic rings. The SMILES string of the molecule is C=CCOP(OCC=C)Oc1ccc(CO)cc1. The summed E-state index contributed by atoms with van der Waals surface area (Å²) in [7, 11) is -1.47. The Morgan fingerprint density at radius 1 is 1.06 bits per heavy atom. The molecule has 0 saturated heterocycles. The quantitative estimate of drug-likeness (QED) is 0.552. The van der Waals surface area contributed by atoms with Crippen LogP contribution in [0, 0.1) is 0 Å². The van der Waals surface area contributed by atoms with Crippen LogP contribution in [0.4, 0.5) is 0 Å². The van der Waals surface area contributed by atoms with Crippen LogP contribution < -0.4 is 4.52 Å². The minimum atomic E-state index is -1.47. The van der Waals surface area contributed by atoms with Gasteiger partial charge in [-0.25, -0.2) is 0 Å². The Hall–Kier alpha value is -1.19. The first-order chi connectivity index (χ1) is 8.80. The van der Waals surface area contributed by atoms with Gasteiger partial charge in [0, 0.05) is 0 Å². The van der Waals surface area contributed by atoms with Crippen LogP contribution in [-0.2, 0) is 15.7 Å². The molecule has 0 atom stereocenters. The van der Waals surface area contributed by atoms with Gasteiger partial charge in [0.05, 0.1) is 19.8 Å². The van der Waals surface area contributed by atoms with Gasteiger partial charge in [0.25, 0.3) is 0 Å². The number of aliphatic hydroxyl groups excluding tert-OH is 1. The summed E-state index contributed by atoms with van der Waals surface area (Å²) in [6, 6.07) is 7.08. The van der Waals surface area contributed by atoms with Crippen molar-refractivity contribution in [1.82, 2.24) is 0 Å². The normalized spacial score (nSPS) is 10.3. The third-order valence-corrected chi connectivity index (χ3v) is 2.96. The van der Waals surface area contributed by atoms with Crippen LogP contribution in [0.15, 0.2) is 49.6 Å². The maximum Gasteiger partial charge on any atom is 0.397 e. The van der Waals surface area contributed by atoms with Crippen LogP contribution >= 0.6 is 8.60 Å². The first kappa shape index (κ1) is 14.9. The fraction of sp³-hybridized carbons (Fsp3) is 0.231. The van der Waals surface area contributed by atoms with E-state index in [0.717, 1.165) is 5.56 Å². The number of aliphatic hydroxyl groups is 1. The van der Waals surface area contributed by atoms with Gasteiger partial charge in [-0.05, 0) is 17.7 Å². The lowest BCUT2D eigenvalue weighted by molar-refractivity contribution is 0.238. The van der Waals surface area contributed by atoms with Crippen LogP contribution in [0.5, 0.6) is 5.75 Å². The summed E-state index contributed by atoms with van der Waals surface area (Å²) in [5.41, 5.74) is 0.825. The van der Waals surface area contributed by atoms with Gasteiger partial charge >= 0.3 is 8.60 Å². The van der Waals surface area contributed by atoms with Gasteiger partial charge in [0.15, 0.2) is 0 Å². The monoisotopic (exact) mass is 268 g/mol. The van der Waals surface area contributed by atoms with Crippen molar-refractivity contribution in [3.63, 3.8) is 0 Å². The lowest BCUT2D eigenvalue weighted by Crippen LogP contribution is -1.98. The minimum absolute atomic E-state index is 0.00890. The molecule has 0 radical (unpaired) electrons. The van der Waals surface area contributed by atoms with Crippen molar-refractivity contribution in [3.05, 3.63) is 55.1 Å². The Kier molecular flexibility index (Phi) is 7.30. The maximum absolute atomic E-state index is 8.93. The van der Waals surface area contributed by atoms with E-state index < -0.39 is 8.60 Å². The molecule has 0 unspecified atom stereocenters. The highest BCUT2D eigenvalue weighted by molar-refractivity contribution is 7.42. The zero-order valence-corrected chi connectivity index (χ0v) is 11.0. The Morgan fingerprint density at radius 3 is 2.06 bits per heavy atom. The van der Waals surface area contributed by atoms with Gasteiger partial charge in [0.2, 0.25) is 0 Å². The Morgan fingerprint density at radius 2 is 1.61 bits per heavy atom. The molecule has 0 amide bonds.